The van der Waals surface area contributed by atoms with E-state index in [0.717, 1.165) is 28.1 Å². The van der Waals surface area contributed by atoms with Gasteiger partial charge in [0, 0.05) is 84.0 Å². The van der Waals surface area contributed by atoms with Gasteiger partial charge in [0.15, 0.2) is 0 Å². The molecule has 0 aliphatic carbocycles. The molecule has 0 fully saturated rings. The maximum Gasteiger partial charge on any atom is 0.149 e. The Balaban J connectivity index is 0.00000169. The van der Waals surface area contributed by atoms with Crippen molar-refractivity contribution in [1.29, 1.82) is 0 Å². The van der Waals surface area contributed by atoms with E-state index in [-0.39, 0.29) is 65.4 Å². The van der Waals surface area contributed by atoms with Crippen LogP contribution in [-0.2, 0) is 72.5 Å². The summed E-state index contributed by atoms with van der Waals surface area (Å²) in [7, 11) is 1.78. The Labute approximate surface area is 203 Å². The summed E-state index contributed by atoms with van der Waals surface area (Å²) in [6, 6.07) is 6.22. The molecule has 0 saturated heterocycles. The van der Waals surface area contributed by atoms with Crippen LogP contribution in [0.5, 0.6) is 0 Å². The van der Waals surface area contributed by atoms with Crippen molar-refractivity contribution >= 4 is 17.3 Å². The largest absolute Gasteiger partial charge is 0.382 e. The van der Waals surface area contributed by atoms with Crippen LogP contribution in [0.25, 0.3) is 5.69 Å². The third-order valence-electron chi connectivity index (χ3n) is 3.78. The number of rotatable bonds is 3. The fraction of sp³-hybridized carbons (Fsp3) is 0.294. The van der Waals surface area contributed by atoms with Crippen LogP contribution in [0.3, 0.4) is 0 Å². The number of benzene rings is 1. The van der Waals surface area contributed by atoms with Crippen molar-refractivity contribution in [3.05, 3.63) is 46.8 Å². The van der Waals surface area contributed by atoms with Crippen molar-refractivity contribution in [2.24, 2.45) is 17.3 Å². The van der Waals surface area contributed by atoms with Crippen LogP contribution in [-0.4, -0.2) is 19.6 Å². The molecule has 0 aliphatic heterocycles. The summed E-state index contributed by atoms with van der Waals surface area (Å²) < 4.78 is 3.32. The van der Waals surface area contributed by atoms with Gasteiger partial charge in [0.25, 0.3) is 0 Å². The summed E-state index contributed by atoms with van der Waals surface area (Å²) >= 11 is 0. The number of aryl methyl sites for hydroxylation is 5. The molecule has 7 nitrogen and oxygen atoms in total. The molecule has 2 heterocycles. The molecule has 2 radical (unpaired) electrons. The average molecular weight is 500 g/mol. The number of nitrogens with zero attached hydrogens (tertiary/aromatic N) is 6. The first-order chi connectivity index (χ1) is 11.4. The van der Waals surface area contributed by atoms with Crippen molar-refractivity contribution < 1.29 is 65.4 Å². The molecule has 0 bridgehead atoms. The quantitative estimate of drug-likeness (QED) is 0.441. The van der Waals surface area contributed by atoms with Gasteiger partial charge in [0.2, 0.25) is 0 Å². The van der Waals surface area contributed by atoms with Crippen molar-refractivity contribution in [3.63, 3.8) is 0 Å². The fourth-order valence-corrected chi connectivity index (χ4v) is 2.64. The van der Waals surface area contributed by atoms with Gasteiger partial charge in [-0.2, -0.15) is 15.8 Å². The van der Waals surface area contributed by atoms with Crippen molar-refractivity contribution in [2.45, 2.75) is 27.7 Å². The van der Waals surface area contributed by atoms with E-state index in [2.05, 4.69) is 58.7 Å². The molecule has 26 heavy (non-hydrogen) atoms. The topological polar surface area (TPSA) is 86.4 Å². The minimum atomic E-state index is 0. The van der Waals surface area contributed by atoms with E-state index in [1.165, 1.54) is 0 Å². The van der Waals surface area contributed by atoms with Crippen LogP contribution in [0.1, 0.15) is 22.4 Å². The zero-order valence-corrected chi connectivity index (χ0v) is 21.3. The normalized spacial score (nSPS) is 10.7. The number of anilines is 1. The Hall–Kier alpha value is -0.752. The zero-order chi connectivity index (χ0) is 17.4. The van der Waals surface area contributed by atoms with Crippen LogP contribution in [0, 0.1) is 33.9 Å². The maximum atomic E-state index is 5.99. The first-order valence-corrected chi connectivity index (χ1v) is 7.63. The molecule has 0 atom stereocenters. The Kier molecular flexibility index (Phi) is 8.46. The standard InChI is InChI=1S/C17H20N7.2Y/c1-10-6-11(2)8-14(7-10)24-17(12(3)9-19-24)21-20-15-13(4)22-23(5)16(15)18;;/h6-8H,18H2,1-5H3;;/q-1;;. The molecule has 0 saturated carbocycles. The van der Waals surface area contributed by atoms with Crippen molar-refractivity contribution in [1.82, 2.24) is 19.6 Å². The van der Waals surface area contributed by atoms with Crippen LogP contribution in [0.4, 0.5) is 17.3 Å². The second-order valence-corrected chi connectivity index (χ2v) is 5.96. The summed E-state index contributed by atoms with van der Waals surface area (Å²) in [4.78, 5) is 0. The molecule has 9 heteroatoms. The fourth-order valence-electron chi connectivity index (χ4n) is 2.64. The van der Waals surface area contributed by atoms with Crippen LogP contribution >= 0.6 is 0 Å². The number of hydrogen-bond acceptors (Lipinski definition) is 5. The summed E-state index contributed by atoms with van der Waals surface area (Å²) in [5.74, 6) is 1.11. The van der Waals surface area contributed by atoms with E-state index >= 15 is 0 Å². The molecule has 0 unspecified atom stereocenters. The minimum absolute atomic E-state index is 0. The smallest absolute Gasteiger partial charge is 0.149 e. The molecule has 2 N–H and O–H groups in total. The number of aromatic nitrogens is 4. The van der Waals surface area contributed by atoms with Gasteiger partial charge in [0.1, 0.15) is 11.5 Å². The van der Waals surface area contributed by atoms with Crippen LogP contribution in [0.15, 0.2) is 28.4 Å². The van der Waals surface area contributed by atoms with E-state index < -0.39 is 0 Å². The van der Waals surface area contributed by atoms with Gasteiger partial charge in [-0.3, -0.25) is 9.78 Å². The third kappa shape index (κ3) is 4.74. The predicted octanol–water partition coefficient (Wildman–Crippen LogP) is 3.63. The van der Waals surface area contributed by atoms with Gasteiger partial charge >= 0.3 is 0 Å². The van der Waals surface area contributed by atoms with E-state index in [1.807, 2.05) is 13.8 Å². The Morgan fingerprint density at radius 3 is 2.15 bits per heavy atom. The third-order valence-corrected chi connectivity index (χ3v) is 3.78. The van der Waals surface area contributed by atoms with Crippen LogP contribution in [0.2, 0.25) is 0 Å². The van der Waals surface area contributed by atoms with E-state index in [4.69, 9.17) is 5.73 Å². The molecule has 0 amide bonds. The van der Waals surface area contributed by atoms with Crippen molar-refractivity contribution in [3.8, 4) is 5.69 Å². The number of nitrogen functional groups attached to an aromatic ring is 1. The molecule has 1 aromatic carbocycles. The SMILES string of the molecule is Cc1cc(C)cc(-n2n[c-]c(C)c2N=Nc2c(C)nn(C)c2N)c1.[Y].[Y]. The van der Waals surface area contributed by atoms with Gasteiger partial charge < -0.3 is 10.4 Å². The summed E-state index contributed by atoms with van der Waals surface area (Å²) in [6.45, 7) is 7.86. The van der Waals surface area contributed by atoms with Crippen LogP contribution < -0.4 is 5.73 Å². The van der Waals surface area contributed by atoms with Gasteiger partial charge in [-0.15, -0.1) is 6.20 Å². The Morgan fingerprint density at radius 1 is 1.00 bits per heavy atom. The number of nitrogens with two attached hydrogens (primary N) is 1. The average Bonchev–Trinajstić information content (AvgIpc) is 2.97. The summed E-state index contributed by atoms with van der Waals surface area (Å²) in [5, 5.41) is 17.2. The Morgan fingerprint density at radius 2 is 1.62 bits per heavy atom. The molecule has 0 aliphatic rings. The molecule has 0 spiro atoms. The van der Waals surface area contributed by atoms with E-state index in [1.54, 1.807) is 16.4 Å². The van der Waals surface area contributed by atoms with Gasteiger partial charge in [0.05, 0.1) is 5.69 Å². The monoisotopic (exact) mass is 500 g/mol. The first-order valence-electron chi connectivity index (χ1n) is 7.63. The summed E-state index contributed by atoms with van der Waals surface area (Å²) in [6.07, 6.45) is 2.95. The van der Waals surface area contributed by atoms with E-state index in [0.29, 0.717) is 17.3 Å². The molecule has 130 valence electrons. The molecule has 2 aromatic heterocycles. The van der Waals surface area contributed by atoms with Gasteiger partial charge in [-0.1, -0.05) is 13.0 Å². The maximum absolute atomic E-state index is 5.99. The second-order valence-electron chi connectivity index (χ2n) is 5.96. The zero-order valence-electron chi connectivity index (χ0n) is 15.6. The van der Waals surface area contributed by atoms with Gasteiger partial charge in [-0.05, 0) is 44.0 Å². The molecule has 3 rings (SSSR count). The molecular formula is C17H20N7Y2-. The van der Waals surface area contributed by atoms with E-state index in [9.17, 15) is 0 Å². The molecular weight excluding hydrogens is 480 g/mol. The first kappa shape index (κ1) is 23.3. The predicted molar refractivity (Wildman–Crippen MR) is 93.1 cm³/mol. The van der Waals surface area contributed by atoms with Gasteiger partial charge in [-0.25, -0.2) is 5.11 Å². The van der Waals surface area contributed by atoms with Crippen molar-refractivity contribution in [2.75, 3.05) is 5.73 Å². The Bertz CT molecular complexity index is 921. The summed E-state index contributed by atoms with van der Waals surface area (Å²) in [5.41, 5.74) is 11.4. The second kappa shape index (κ2) is 9.45. The number of azo groups is 1. The molecule has 3 aromatic rings. The number of hydrogen-bond donors (Lipinski definition) is 1. The minimum Gasteiger partial charge on any atom is -0.382 e.